The summed E-state index contributed by atoms with van der Waals surface area (Å²) in [6.45, 7) is 7.53. The highest BCUT2D eigenvalue weighted by Crippen LogP contribution is 2.35. The van der Waals surface area contributed by atoms with Crippen molar-refractivity contribution >= 4 is 69.1 Å². The van der Waals surface area contributed by atoms with Crippen molar-refractivity contribution in [3.05, 3.63) is 62.7 Å². The van der Waals surface area contributed by atoms with Gasteiger partial charge in [0.05, 0.1) is 30.6 Å². The Hall–Kier alpha value is -3.06. The molecule has 1 amide bonds. The van der Waals surface area contributed by atoms with Crippen LogP contribution in [-0.4, -0.2) is 52.6 Å². The number of allylic oxidation sites excluding steroid dienone is 1. The van der Waals surface area contributed by atoms with Crippen LogP contribution in [0, 0.1) is 6.92 Å². The number of nitrogens with zero attached hydrogens (tertiary/aromatic N) is 3. The number of amides is 1. The van der Waals surface area contributed by atoms with Crippen molar-refractivity contribution in [2.75, 3.05) is 25.3 Å². The van der Waals surface area contributed by atoms with Gasteiger partial charge in [0.2, 0.25) is 5.91 Å². The molecule has 0 fully saturated rings. The summed E-state index contributed by atoms with van der Waals surface area (Å²) in [6.07, 6.45) is 1.14. The van der Waals surface area contributed by atoms with Gasteiger partial charge in [0, 0.05) is 11.6 Å². The first-order valence-electron chi connectivity index (χ1n) is 11.0. The van der Waals surface area contributed by atoms with E-state index in [1.807, 2.05) is 0 Å². The van der Waals surface area contributed by atoms with Crippen molar-refractivity contribution in [3.8, 4) is 5.75 Å². The zero-order chi connectivity index (χ0) is 28.0. The van der Waals surface area contributed by atoms with Crippen LogP contribution in [0.1, 0.15) is 44.4 Å². The highest BCUT2D eigenvalue weighted by Gasteiger charge is 2.27. The molecule has 3 aromatic rings. The molecule has 0 aliphatic carbocycles. The van der Waals surface area contributed by atoms with Crippen LogP contribution >= 0.6 is 46.3 Å². The minimum absolute atomic E-state index is 0.0569. The van der Waals surface area contributed by atoms with Crippen molar-refractivity contribution in [2.24, 2.45) is 0 Å². The van der Waals surface area contributed by atoms with Gasteiger partial charge in [-0.1, -0.05) is 41.0 Å². The molecule has 1 aromatic carbocycles. The molecule has 0 saturated heterocycles. The van der Waals surface area contributed by atoms with Crippen molar-refractivity contribution in [1.82, 2.24) is 14.8 Å². The number of anilines is 1. The molecular weight excluding hydrogens is 575 g/mol. The third-order valence-corrected chi connectivity index (χ3v) is 7.80. The summed E-state index contributed by atoms with van der Waals surface area (Å²) >= 11 is 14.3. The molecule has 3 rings (SSSR count). The van der Waals surface area contributed by atoms with E-state index in [4.69, 9.17) is 37.4 Å². The van der Waals surface area contributed by atoms with E-state index in [1.54, 1.807) is 42.7 Å². The van der Waals surface area contributed by atoms with Crippen LogP contribution in [0.5, 0.6) is 5.75 Å². The van der Waals surface area contributed by atoms with Crippen molar-refractivity contribution in [2.45, 2.75) is 31.7 Å². The quantitative estimate of drug-likeness (QED) is 0.171. The predicted molar refractivity (Wildman–Crippen MR) is 147 cm³/mol. The Morgan fingerprint density at radius 1 is 1.21 bits per heavy atom. The van der Waals surface area contributed by atoms with E-state index in [-0.39, 0.29) is 21.2 Å². The van der Waals surface area contributed by atoms with Crippen LogP contribution in [-0.2, 0) is 20.8 Å². The molecule has 0 bridgehead atoms. The number of hydrogen-bond donors (Lipinski definition) is 1. The number of ether oxygens (including phenoxy) is 3. The zero-order valence-electron chi connectivity index (χ0n) is 20.9. The van der Waals surface area contributed by atoms with Gasteiger partial charge < -0.3 is 19.5 Å². The molecule has 2 heterocycles. The van der Waals surface area contributed by atoms with E-state index in [9.17, 15) is 14.4 Å². The van der Waals surface area contributed by atoms with Gasteiger partial charge in [0.15, 0.2) is 17.1 Å². The van der Waals surface area contributed by atoms with Crippen LogP contribution in [0.3, 0.4) is 0 Å². The molecule has 0 aliphatic heterocycles. The first kappa shape index (κ1) is 29.5. The number of esters is 2. The number of thiophene rings is 1. The summed E-state index contributed by atoms with van der Waals surface area (Å²) < 4.78 is 17.3. The van der Waals surface area contributed by atoms with Crippen LogP contribution in [0.4, 0.5) is 5.00 Å². The lowest BCUT2D eigenvalue weighted by Gasteiger charge is -2.16. The number of methoxy groups -OCH3 is 2. The molecule has 1 N–H and O–H groups in total. The van der Waals surface area contributed by atoms with Crippen LogP contribution in [0.25, 0.3) is 0 Å². The van der Waals surface area contributed by atoms with E-state index in [1.165, 1.54) is 14.2 Å². The van der Waals surface area contributed by atoms with Gasteiger partial charge in [-0.3, -0.25) is 9.36 Å². The molecule has 2 aromatic heterocycles. The first-order valence-corrected chi connectivity index (χ1v) is 13.5. The number of carbonyl (C=O) groups excluding carboxylic acids is 3. The fraction of sp³-hybridized carbons (Fsp3) is 0.292. The summed E-state index contributed by atoms with van der Waals surface area (Å²) in [4.78, 5) is 37.4. The number of carbonyl (C=O) groups is 3. The van der Waals surface area contributed by atoms with Gasteiger partial charge in [-0.2, -0.15) is 0 Å². The summed E-state index contributed by atoms with van der Waals surface area (Å²) in [5, 5.41) is 12.6. The Balaban J connectivity index is 1.76. The molecule has 14 heteroatoms. The number of rotatable bonds is 11. The molecule has 10 nitrogen and oxygen atoms in total. The largest absolute Gasteiger partial charge is 0.481 e. The number of halogens is 2. The van der Waals surface area contributed by atoms with E-state index in [0.29, 0.717) is 38.9 Å². The predicted octanol–water partition coefficient (Wildman–Crippen LogP) is 5.58. The molecule has 0 saturated carbocycles. The standard InChI is InChI=1S/C24H24Cl2N4O6S2/c1-6-9-30-20(13(3)36-16-8-7-14(25)10-15(16)26)28-29-24(30)37-11-17(31)27-21-18(22(32)34-4)12(2)19(38-21)23(33)35-5/h6-8,10,13H,1,9,11H2,2-5H3,(H,27,31). The van der Waals surface area contributed by atoms with Crippen molar-refractivity contribution in [3.63, 3.8) is 0 Å². The third-order valence-electron chi connectivity index (χ3n) is 5.11. The Bertz CT molecular complexity index is 1370. The Morgan fingerprint density at radius 3 is 2.55 bits per heavy atom. The van der Waals surface area contributed by atoms with Gasteiger partial charge in [0.1, 0.15) is 15.6 Å². The SMILES string of the molecule is C=CCn1c(SCC(=O)Nc2sc(C(=O)OC)c(C)c2C(=O)OC)nnc1C(C)Oc1ccc(Cl)cc1Cl. The van der Waals surface area contributed by atoms with E-state index in [0.717, 1.165) is 23.1 Å². The average molecular weight is 600 g/mol. The molecule has 0 radical (unpaired) electrons. The number of nitrogens with one attached hydrogen (secondary N) is 1. The van der Waals surface area contributed by atoms with E-state index in [2.05, 4.69) is 22.1 Å². The summed E-state index contributed by atoms with van der Waals surface area (Å²) in [6, 6.07) is 4.91. The minimum Gasteiger partial charge on any atom is -0.481 e. The van der Waals surface area contributed by atoms with Crippen LogP contribution < -0.4 is 10.1 Å². The molecular formula is C24H24Cl2N4O6S2. The molecule has 38 heavy (non-hydrogen) atoms. The van der Waals surface area contributed by atoms with Crippen LogP contribution in [0.15, 0.2) is 36.0 Å². The zero-order valence-corrected chi connectivity index (χ0v) is 24.0. The fourth-order valence-electron chi connectivity index (χ4n) is 3.35. The second kappa shape index (κ2) is 13.1. The molecule has 202 valence electrons. The Labute approximate surface area is 237 Å². The first-order chi connectivity index (χ1) is 18.1. The maximum absolute atomic E-state index is 12.8. The average Bonchev–Trinajstić information content (AvgIpc) is 3.44. The fourth-order valence-corrected chi connectivity index (χ4v) is 5.69. The van der Waals surface area contributed by atoms with Gasteiger partial charge >= 0.3 is 11.9 Å². The monoisotopic (exact) mass is 598 g/mol. The lowest BCUT2D eigenvalue weighted by molar-refractivity contribution is -0.113. The van der Waals surface area contributed by atoms with Crippen molar-refractivity contribution in [1.29, 1.82) is 0 Å². The molecule has 0 aliphatic rings. The smallest absolute Gasteiger partial charge is 0.348 e. The minimum atomic E-state index is -0.679. The number of thioether (sulfide) groups is 1. The highest BCUT2D eigenvalue weighted by atomic mass is 35.5. The Kier molecular flexibility index (Phi) is 10.2. The molecule has 0 spiro atoms. The molecule has 1 atom stereocenters. The maximum atomic E-state index is 12.8. The second-order valence-electron chi connectivity index (χ2n) is 7.66. The maximum Gasteiger partial charge on any atom is 0.348 e. The van der Waals surface area contributed by atoms with Gasteiger partial charge in [0.25, 0.3) is 0 Å². The summed E-state index contributed by atoms with van der Waals surface area (Å²) in [5.41, 5.74) is 0.460. The number of aromatic nitrogens is 3. The van der Waals surface area contributed by atoms with E-state index >= 15 is 0 Å². The van der Waals surface area contributed by atoms with Gasteiger partial charge in [-0.25, -0.2) is 9.59 Å². The lowest BCUT2D eigenvalue weighted by atomic mass is 10.1. The highest BCUT2D eigenvalue weighted by molar-refractivity contribution is 7.99. The lowest BCUT2D eigenvalue weighted by Crippen LogP contribution is -2.17. The van der Waals surface area contributed by atoms with Gasteiger partial charge in [-0.05, 0) is 37.6 Å². The van der Waals surface area contributed by atoms with Gasteiger partial charge in [-0.15, -0.1) is 28.1 Å². The van der Waals surface area contributed by atoms with Crippen LogP contribution in [0.2, 0.25) is 10.0 Å². The summed E-state index contributed by atoms with van der Waals surface area (Å²) in [7, 11) is 2.45. The number of hydrogen-bond acceptors (Lipinski definition) is 10. The topological polar surface area (TPSA) is 122 Å². The van der Waals surface area contributed by atoms with Crippen molar-refractivity contribution < 1.29 is 28.6 Å². The molecule has 1 unspecified atom stereocenters. The summed E-state index contributed by atoms with van der Waals surface area (Å²) in [5.74, 6) is -0.841. The van der Waals surface area contributed by atoms with E-state index < -0.39 is 23.9 Å². The third kappa shape index (κ3) is 6.68. The Morgan fingerprint density at radius 2 is 1.92 bits per heavy atom. The second-order valence-corrected chi connectivity index (χ2v) is 10.5. The number of benzene rings is 1. The normalized spacial score (nSPS) is 11.5.